The van der Waals surface area contributed by atoms with Crippen molar-refractivity contribution >= 4 is 11.6 Å². The van der Waals surface area contributed by atoms with E-state index in [2.05, 4.69) is 5.10 Å². The number of hydrogen-bond donors (Lipinski definition) is 1. The minimum absolute atomic E-state index is 0.536. The van der Waals surface area contributed by atoms with E-state index in [9.17, 15) is 5.11 Å². The topological polar surface area (TPSA) is 38.0 Å². The second-order valence-electron chi connectivity index (χ2n) is 4.84. The van der Waals surface area contributed by atoms with Gasteiger partial charge in [-0.15, -0.1) is 0 Å². The van der Waals surface area contributed by atoms with E-state index in [0.29, 0.717) is 10.9 Å². The molecule has 1 aromatic carbocycles. The molecule has 0 spiro atoms. The van der Waals surface area contributed by atoms with Crippen LogP contribution in [0.25, 0.3) is 5.69 Å². The highest BCUT2D eigenvalue weighted by Gasteiger charge is 2.26. The fraction of sp³-hybridized carbons (Fsp3) is 0.357. The summed E-state index contributed by atoms with van der Waals surface area (Å²) in [7, 11) is 0. The number of hydrogen-bond acceptors (Lipinski definition) is 2. The molecule has 1 aliphatic rings. The molecule has 2 aromatic rings. The Balaban J connectivity index is 2.05. The first-order chi connectivity index (χ1) is 8.65. The number of halogens is 1. The maximum absolute atomic E-state index is 9.80. The third-order valence-corrected chi connectivity index (χ3v) is 3.53. The van der Waals surface area contributed by atoms with Crippen molar-refractivity contribution in [1.82, 2.24) is 9.78 Å². The van der Waals surface area contributed by atoms with E-state index in [1.807, 2.05) is 29.1 Å². The number of aliphatic hydroxyl groups is 1. The molecule has 0 unspecified atom stereocenters. The van der Waals surface area contributed by atoms with Crippen molar-refractivity contribution < 1.29 is 5.11 Å². The predicted octanol–water partition coefficient (Wildman–Crippen LogP) is 3.46. The zero-order valence-electron chi connectivity index (χ0n) is 10.2. The molecule has 0 saturated heterocycles. The van der Waals surface area contributed by atoms with Crippen molar-refractivity contribution in [3.8, 4) is 5.69 Å². The van der Waals surface area contributed by atoms with Crippen LogP contribution in [0.5, 0.6) is 0 Å². The minimum Gasteiger partial charge on any atom is -0.389 e. The average Bonchev–Trinajstić information content (AvgIpc) is 3.07. The fourth-order valence-electron chi connectivity index (χ4n) is 2.14. The zero-order chi connectivity index (χ0) is 12.7. The van der Waals surface area contributed by atoms with Crippen LogP contribution in [-0.4, -0.2) is 14.9 Å². The number of aliphatic hydroxyl groups excluding tert-OH is 1. The van der Waals surface area contributed by atoms with Gasteiger partial charge >= 0.3 is 0 Å². The van der Waals surface area contributed by atoms with Gasteiger partial charge in [0.05, 0.1) is 17.5 Å². The van der Waals surface area contributed by atoms with Crippen molar-refractivity contribution in [2.75, 3.05) is 0 Å². The van der Waals surface area contributed by atoms with Crippen molar-refractivity contribution in [3.63, 3.8) is 0 Å². The molecule has 3 nitrogen and oxygen atoms in total. The van der Waals surface area contributed by atoms with Crippen LogP contribution in [0.4, 0.5) is 0 Å². The summed E-state index contributed by atoms with van der Waals surface area (Å²) >= 11 is 6.03. The highest BCUT2D eigenvalue weighted by Crippen LogP contribution is 2.39. The standard InChI is InChI=1S/C14H15ClN2O/c1-9(18)12-5-4-11(15)8-14(12)17-7-6-13(16-17)10-2-3-10/h4-10,18H,2-3H2,1H3/t9-/m0/s1. The largest absolute Gasteiger partial charge is 0.389 e. The summed E-state index contributed by atoms with van der Waals surface area (Å²) in [6, 6.07) is 7.52. The molecule has 0 aliphatic heterocycles. The van der Waals surface area contributed by atoms with E-state index in [4.69, 9.17) is 11.6 Å². The van der Waals surface area contributed by atoms with Crippen LogP contribution >= 0.6 is 11.6 Å². The molecule has 4 heteroatoms. The van der Waals surface area contributed by atoms with Gasteiger partial charge < -0.3 is 5.11 Å². The molecular formula is C14H15ClN2O. The monoisotopic (exact) mass is 262 g/mol. The van der Waals surface area contributed by atoms with Crippen molar-refractivity contribution in [1.29, 1.82) is 0 Å². The van der Waals surface area contributed by atoms with Crippen LogP contribution < -0.4 is 0 Å². The van der Waals surface area contributed by atoms with Gasteiger partial charge in [-0.1, -0.05) is 17.7 Å². The Bertz CT molecular complexity index is 573. The van der Waals surface area contributed by atoms with Crippen LogP contribution in [0.1, 0.15) is 43.0 Å². The third kappa shape index (κ3) is 2.16. The van der Waals surface area contributed by atoms with Gasteiger partial charge in [0.2, 0.25) is 0 Å². The Hall–Kier alpha value is -1.32. The zero-order valence-corrected chi connectivity index (χ0v) is 10.9. The van der Waals surface area contributed by atoms with Gasteiger partial charge in [-0.2, -0.15) is 5.10 Å². The lowest BCUT2D eigenvalue weighted by Gasteiger charge is -2.12. The van der Waals surface area contributed by atoms with Crippen LogP contribution in [0.3, 0.4) is 0 Å². The first-order valence-electron chi connectivity index (χ1n) is 6.18. The van der Waals surface area contributed by atoms with Crippen LogP contribution in [0.2, 0.25) is 5.02 Å². The number of nitrogens with zero attached hydrogens (tertiary/aromatic N) is 2. The molecule has 3 rings (SSSR count). The molecule has 0 bridgehead atoms. The molecule has 18 heavy (non-hydrogen) atoms. The fourth-order valence-corrected chi connectivity index (χ4v) is 2.30. The molecule has 1 saturated carbocycles. The van der Waals surface area contributed by atoms with Crippen molar-refractivity contribution in [3.05, 3.63) is 46.7 Å². The summed E-state index contributed by atoms with van der Waals surface area (Å²) < 4.78 is 1.81. The summed E-state index contributed by atoms with van der Waals surface area (Å²) in [5, 5.41) is 15.0. The van der Waals surface area contributed by atoms with E-state index in [0.717, 1.165) is 16.9 Å². The Morgan fingerprint density at radius 2 is 2.17 bits per heavy atom. The highest BCUT2D eigenvalue weighted by atomic mass is 35.5. The molecule has 0 radical (unpaired) electrons. The minimum atomic E-state index is -0.536. The molecular weight excluding hydrogens is 248 g/mol. The quantitative estimate of drug-likeness (QED) is 0.920. The van der Waals surface area contributed by atoms with Gasteiger partial charge in [-0.05, 0) is 38.0 Å². The van der Waals surface area contributed by atoms with Crippen LogP contribution in [-0.2, 0) is 0 Å². The number of aromatic nitrogens is 2. The SMILES string of the molecule is C[C@H](O)c1ccc(Cl)cc1-n1ccc(C2CC2)n1. The second kappa shape index (κ2) is 4.41. The average molecular weight is 263 g/mol. The lowest BCUT2D eigenvalue weighted by Crippen LogP contribution is -2.03. The van der Waals surface area contributed by atoms with Gasteiger partial charge in [0, 0.05) is 22.7 Å². The lowest BCUT2D eigenvalue weighted by molar-refractivity contribution is 0.199. The molecule has 1 N–H and O–H groups in total. The van der Waals surface area contributed by atoms with Gasteiger partial charge in [0.25, 0.3) is 0 Å². The van der Waals surface area contributed by atoms with Gasteiger partial charge in [-0.25, -0.2) is 4.68 Å². The first-order valence-corrected chi connectivity index (χ1v) is 6.56. The Morgan fingerprint density at radius 1 is 1.39 bits per heavy atom. The van der Waals surface area contributed by atoms with Crippen molar-refractivity contribution in [2.24, 2.45) is 0 Å². The smallest absolute Gasteiger partial charge is 0.0782 e. The predicted molar refractivity (Wildman–Crippen MR) is 71.2 cm³/mol. The molecule has 1 fully saturated rings. The molecule has 94 valence electrons. The third-order valence-electron chi connectivity index (χ3n) is 3.29. The van der Waals surface area contributed by atoms with Crippen LogP contribution in [0, 0.1) is 0 Å². The summed E-state index contributed by atoms with van der Waals surface area (Å²) in [5.74, 6) is 0.625. The van der Waals surface area contributed by atoms with Gasteiger partial charge in [-0.3, -0.25) is 0 Å². The Morgan fingerprint density at radius 3 is 2.83 bits per heavy atom. The van der Waals surface area contributed by atoms with E-state index in [-0.39, 0.29) is 0 Å². The second-order valence-corrected chi connectivity index (χ2v) is 5.27. The molecule has 0 amide bonds. The molecule has 1 aliphatic carbocycles. The van der Waals surface area contributed by atoms with Crippen LogP contribution in [0.15, 0.2) is 30.5 Å². The lowest BCUT2D eigenvalue weighted by atomic mass is 10.1. The normalized spacial score (nSPS) is 16.8. The van der Waals surface area contributed by atoms with E-state index < -0.39 is 6.10 Å². The van der Waals surface area contributed by atoms with E-state index in [1.165, 1.54) is 12.8 Å². The Labute approximate surface area is 111 Å². The van der Waals surface area contributed by atoms with Crippen molar-refractivity contribution in [2.45, 2.75) is 31.8 Å². The van der Waals surface area contributed by atoms with E-state index >= 15 is 0 Å². The maximum atomic E-state index is 9.80. The highest BCUT2D eigenvalue weighted by molar-refractivity contribution is 6.30. The number of benzene rings is 1. The van der Waals surface area contributed by atoms with E-state index in [1.54, 1.807) is 13.0 Å². The molecule has 1 atom stereocenters. The van der Waals surface area contributed by atoms with Gasteiger partial charge in [0.15, 0.2) is 0 Å². The summed E-state index contributed by atoms with van der Waals surface area (Å²) in [6.07, 6.45) is 3.86. The summed E-state index contributed by atoms with van der Waals surface area (Å²) in [4.78, 5) is 0. The maximum Gasteiger partial charge on any atom is 0.0782 e. The molecule has 1 aromatic heterocycles. The first kappa shape index (κ1) is 11.8. The molecule has 1 heterocycles. The summed E-state index contributed by atoms with van der Waals surface area (Å²) in [6.45, 7) is 1.75. The summed E-state index contributed by atoms with van der Waals surface area (Å²) in [5.41, 5.74) is 2.82. The Kier molecular flexibility index (Phi) is 2.88. The van der Waals surface area contributed by atoms with Gasteiger partial charge in [0.1, 0.15) is 0 Å². The number of rotatable bonds is 3.